The predicted octanol–water partition coefficient (Wildman–Crippen LogP) is 1.83. The standard InChI is InChI=1S/C19H23N7O.2ClH/c1-25(19-17-18(22-11-21-17)23-12-24-19)10-16(27)26-8-14(7-20)15(9-26)13-5-3-2-4-6-13;;/h2-6,11-12,14-15H,7-10,20H2,1H3,(H,21,22,23,24);2*1H/t14-,15+;;/m1../s1. The number of hydrogen-bond donors (Lipinski definition) is 2. The monoisotopic (exact) mass is 437 g/mol. The lowest BCUT2D eigenvalue weighted by molar-refractivity contribution is -0.128. The van der Waals surface area contributed by atoms with Crippen LogP contribution in [0.15, 0.2) is 43.0 Å². The van der Waals surface area contributed by atoms with Gasteiger partial charge in [0.25, 0.3) is 0 Å². The second kappa shape index (κ2) is 9.87. The van der Waals surface area contributed by atoms with Crippen LogP contribution in [-0.2, 0) is 4.79 Å². The number of fused-ring (bicyclic) bond motifs is 1. The zero-order valence-electron chi connectivity index (χ0n) is 16.1. The van der Waals surface area contributed by atoms with Crippen molar-refractivity contribution in [3.8, 4) is 0 Å². The van der Waals surface area contributed by atoms with E-state index in [1.807, 2.05) is 35.0 Å². The van der Waals surface area contributed by atoms with Gasteiger partial charge in [0, 0.05) is 26.1 Å². The summed E-state index contributed by atoms with van der Waals surface area (Å²) in [5.74, 6) is 1.30. The summed E-state index contributed by atoms with van der Waals surface area (Å²) in [4.78, 5) is 32.3. The van der Waals surface area contributed by atoms with E-state index >= 15 is 0 Å². The summed E-state index contributed by atoms with van der Waals surface area (Å²) >= 11 is 0. The number of likely N-dealkylation sites (N-methyl/N-ethyl adjacent to an activating group) is 1. The van der Waals surface area contributed by atoms with Gasteiger partial charge in [-0.3, -0.25) is 4.79 Å². The lowest BCUT2D eigenvalue weighted by atomic mass is 9.89. The molecule has 0 radical (unpaired) electrons. The number of benzene rings is 1. The number of nitrogens with one attached hydrogen (secondary N) is 1. The number of amides is 1. The molecule has 3 N–H and O–H groups in total. The topological polar surface area (TPSA) is 104 Å². The van der Waals surface area contributed by atoms with Crippen LogP contribution < -0.4 is 10.6 Å². The van der Waals surface area contributed by atoms with E-state index in [0.29, 0.717) is 31.1 Å². The van der Waals surface area contributed by atoms with Crippen LogP contribution in [0, 0.1) is 5.92 Å². The normalized spacial score (nSPS) is 18.2. The van der Waals surface area contributed by atoms with Crippen LogP contribution in [0.25, 0.3) is 11.2 Å². The highest BCUT2D eigenvalue weighted by molar-refractivity contribution is 5.87. The highest BCUT2D eigenvalue weighted by Crippen LogP contribution is 2.32. The number of nitrogens with two attached hydrogens (primary N) is 1. The molecule has 0 aliphatic carbocycles. The Balaban J connectivity index is 0.00000150. The van der Waals surface area contributed by atoms with E-state index in [9.17, 15) is 4.79 Å². The SMILES string of the molecule is CN(CC(=O)N1C[C@@H](CN)[C@H](c2ccccc2)C1)c1ncnc2nc[nH]c12.Cl.Cl. The lowest BCUT2D eigenvalue weighted by Gasteiger charge is -2.22. The first kappa shape index (κ1) is 22.9. The van der Waals surface area contributed by atoms with Crippen molar-refractivity contribution in [1.82, 2.24) is 24.8 Å². The Kier molecular flexibility index (Phi) is 7.78. The second-order valence-electron chi connectivity index (χ2n) is 6.97. The molecule has 1 aliphatic heterocycles. The quantitative estimate of drug-likeness (QED) is 0.630. The summed E-state index contributed by atoms with van der Waals surface area (Å²) in [6.45, 7) is 2.19. The van der Waals surface area contributed by atoms with Crippen molar-refractivity contribution in [2.24, 2.45) is 11.7 Å². The molecule has 3 heterocycles. The molecule has 2 aromatic heterocycles. The van der Waals surface area contributed by atoms with Gasteiger partial charge in [0.15, 0.2) is 11.5 Å². The summed E-state index contributed by atoms with van der Waals surface area (Å²) in [6, 6.07) is 10.3. The number of anilines is 1. The van der Waals surface area contributed by atoms with Crippen LogP contribution in [0.3, 0.4) is 0 Å². The van der Waals surface area contributed by atoms with E-state index in [0.717, 1.165) is 5.52 Å². The molecule has 1 fully saturated rings. The molecule has 0 saturated carbocycles. The van der Waals surface area contributed by atoms with E-state index in [4.69, 9.17) is 5.73 Å². The Bertz CT molecular complexity index is 936. The first-order valence-electron chi connectivity index (χ1n) is 9.05. The van der Waals surface area contributed by atoms with Gasteiger partial charge < -0.3 is 20.5 Å². The number of imidazole rings is 1. The van der Waals surface area contributed by atoms with Gasteiger partial charge in [-0.1, -0.05) is 30.3 Å². The van der Waals surface area contributed by atoms with Crippen molar-refractivity contribution >= 4 is 47.7 Å². The van der Waals surface area contributed by atoms with Crippen LogP contribution in [-0.4, -0.2) is 64.0 Å². The smallest absolute Gasteiger partial charge is 0.242 e. The molecule has 29 heavy (non-hydrogen) atoms. The van der Waals surface area contributed by atoms with Crippen LogP contribution in [0.5, 0.6) is 0 Å². The minimum atomic E-state index is 0. The highest BCUT2D eigenvalue weighted by Gasteiger charge is 2.35. The third-order valence-corrected chi connectivity index (χ3v) is 5.26. The molecule has 0 spiro atoms. The average Bonchev–Trinajstić information content (AvgIpc) is 3.35. The minimum Gasteiger partial charge on any atom is -0.348 e. The summed E-state index contributed by atoms with van der Waals surface area (Å²) in [7, 11) is 1.85. The molecule has 10 heteroatoms. The predicted molar refractivity (Wildman–Crippen MR) is 118 cm³/mol. The molecule has 8 nitrogen and oxygen atoms in total. The van der Waals surface area contributed by atoms with Crippen LogP contribution >= 0.6 is 24.8 Å². The van der Waals surface area contributed by atoms with Gasteiger partial charge in [-0.2, -0.15) is 0 Å². The van der Waals surface area contributed by atoms with Crippen molar-refractivity contribution in [2.75, 3.05) is 38.1 Å². The number of nitrogens with zero attached hydrogens (tertiary/aromatic N) is 5. The first-order valence-corrected chi connectivity index (χ1v) is 9.05. The van der Waals surface area contributed by atoms with Crippen molar-refractivity contribution in [1.29, 1.82) is 0 Å². The van der Waals surface area contributed by atoms with E-state index in [1.54, 1.807) is 6.33 Å². The van der Waals surface area contributed by atoms with Gasteiger partial charge >= 0.3 is 0 Å². The van der Waals surface area contributed by atoms with E-state index < -0.39 is 0 Å². The number of carbonyl (C=O) groups excluding carboxylic acids is 1. The lowest BCUT2D eigenvalue weighted by Crippen LogP contribution is -2.38. The highest BCUT2D eigenvalue weighted by atomic mass is 35.5. The molecule has 0 bridgehead atoms. The second-order valence-corrected chi connectivity index (χ2v) is 6.97. The fraction of sp³-hybridized carbons (Fsp3) is 0.368. The van der Waals surface area contributed by atoms with E-state index in [2.05, 4.69) is 32.1 Å². The largest absolute Gasteiger partial charge is 0.348 e. The number of aromatic nitrogens is 4. The fourth-order valence-electron chi connectivity index (χ4n) is 3.81. The van der Waals surface area contributed by atoms with Gasteiger partial charge in [0.05, 0.1) is 12.9 Å². The Labute approximate surface area is 181 Å². The first-order chi connectivity index (χ1) is 13.2. The van der Waals surface area contributed by atoms with Gasteiger partial charge in [-0.25, -0.2) is 15.0 Å². The molecular weight excluding hydrogens is 413 g/mol. The number of aromatic amines is 1. The van der Waals surface area contributed by atoms with Gasteiger partial charge in [0.1, 0.15) is 11.8 Å². The number of halogens is 2. The molecule has 3 aromatic rings. The van der Waals surface area contributed by atoms with E-state index in [-0.39, 0.29) is 49.1 Å². The van der Waals surface area contributed by atoms with Gasteiger partial charge in [0.2, 0.25) is 5.91 Å². The maximum atomic E-state index is 12.9. The van der Waals surface area contributed by atoms with Crippen LogP contribution in [0.2, 0.25) is 0 Å². The zero-order chi connectivity index (χ0) is 18.8. The maximum absolute atomic E-state index is 12.9. The summed E-state index contributed by atoms with van der Waals surface area (Å²) in [5, 5.41) is 0. The number of hydrogen-bond acceptors (Lipinski definition) is 6. The zero-order valence-corrected chi connectivity index (χ0v) is 17.7. The van der Waals surface area contributed by atoms with E-state index in [1.165, 1.54) is 11.9 Å². The van der Waals surface area contributed by atoms with Crippen molar-refractivity contribution < 1.29 is 4.79 Å². The Hall–Kier alpha value is -2.42. The summed E-state index contributed by atoms with van der Waals surface area (Å²) in [5.41, 5.74) is 8.56. The molecule has 4 rings (SSSR count). The molecule has 1 saturated heterocycles. The molecule has 1 aromatic carbocycles. The average molecular weight is 438 g/mol. The number of H-pyrrole nitrogens is 1. The molecule has 1 amide bonds. The summed E-state index contributed by atoms with van der Waals surface area (Å²) in [6.07, 6.45) is 3.04. The third-order valence-electron chi connectivity index (χ3n) is 5.26. The number of carbonyl (C=O) groups is 1. The van der Waals surface area contributed by atoms with Gasteiger partial charge in [-0.05, 0) is 18.0 Å². The number of likely N-dealkylation sites (tertiary alicyclic amines) is 1. The van der Waals surface area contributed by atoms with Crippen LogP contribution in [0.1, 0.15) is 11.5 Å². The molecule has 0 unspecified atom stereocenters. The van der Waals surface area contributed by atoms with Gasteiger partial charge in [-0.15, -0.1) is 24.8 Å². The minimum absolute atomic E-state index is 0. The van der Waals surface area contributed by atoms with Crippen molar-refractivity contribution in [2.45, 2.75) is 5.92 Å². The molecule has 1 aliphatic rings. The Morgan fingerprint density at radius 3 is 2.69 bits per heavy atom. The van der Waals surface area contributed by atoms with Crippen LogP contribution in [0.4, 0.5) is 5.82 Å². The molecule has 156 valence electrons. The molecular formula is C19H25Cl2N7O. The molecule has 2 atom stereocenters. The summed E-state index contributed by atoms with van der Waals surface area (Å²) < 4.78 is 0. The maximum Gasteiger partial charge on any atom is 0.242 e. The third kappa shape index (κ3) is 4.60. The Morgan fingerprint density at radius 2 is 1.97 bits per heavy atom. The fourth-order valence-corrected chi connectivity index (χ4v) is 3.81. The van der Waals surface area contributed by atoms with Crippen molar-refractivity contribution in [3.05, 3.63) is 48.5 Å². The van der Waals surface area contributed by atoms with Crippen molar-refractivity contribution in [3.63, 3.8) is 0 Å². The number of rotatable bonds is 5. The Morgan fingerprint density at radius 1 is 1.21 bits per heavy atom.